The first kappa shape index (κ1) is 24.3. The Balaban J connectivity index is 1.36. The number of likely N-dealkylation sites (tertiary alicyclic amines) is 1. The Morgan fingerprint density at radius 1 is 1.11 bits per heavy atom. The van der Waals surface area contributed by atoms with Crippen LogP contribution in [0.15, 0.2) is 48.7 Å². The molecule has 184 valence electrons. The van der Waals surface area contributed by atoms with Gasteiger partial charge >= 0.3 is 0 Å². The molecule has 2 fully saturated rings. The molecule has 6 nitrogen and oxygen atoms in total. The Bertz CT molecular complexity index is 1210. The van der Waals surface area contributed by atoms with Crippen LogP contribution in [0.4, 0.5) is 23.1 Å². The van der Waals surface area contributed by atoms with Gasteiger partial charge in [-0.1, -0.05) is 43.8 Å². The van der Waals surface area contributed by atoms with Crippen LogP contribution in [0.2, 0.25) is 5.02 Å². The van der Waals surface area contributed by atoms with E-state index in [9.17, 15) is 0 Å². The monoisotopic (exact) mass is 509 g/mol. The largest absolute Gasteiger partial charge is 0.495 e. The van der Waals surface area contributed by atoms with Gasteiger partial charge in [-0.25, -0.2) is 4.98 Å². The number of halogens is 1. The number of hydrogen-bond donors (Lipinski definition) is 2. The van der Waals surface area contributed by atoms with Crippen molar-refractivity contribution < 1.29 is 4.74 Å². The first-order valence-electron chi connectivity index (χ1n) is 12.1. The van der Waals surface area contributed by atoms with Gasteiger partial charge in [0.05, 0.1) is 19.0 Å². The maximum absolute atomic E-state index is 6.46. The quantitative estimate of drug-likeness (QED) is 0.370. The minimum absolute atomic E-state index is 0.275. The van der Waals surface area contributed by atoms with Crippen molar-refractivity contribution in [3.8, 4) is 5.75 Å². The Labute approximate surface area is 214 Å². The van der Waals surface area contributed by atoms with Gasteiger partial charge in [0.2, 0.25) is 5.95 Å². The molecule has 1 saturated heterocycles. The fraction of sp³-hybridized carbons (Fsp3) is 0.407. The molecule has 0 amide bonds. The van der Waals surface area contributed by atoms with Crippen molar-refractivity contribution in [1.82, 2.24) is 14.9 Å². The molecule has 2 aliphatic rings. The maximum atomic E-state index is 6.46. The van der Waals surface area contributed by atoms with E-state index in [4.69, 9.17) is 21.3 Å². The Kier molecular flexibility index (Phi) is 6.89. The van der Waals surface area contributed by atoms with Crippen LogP contribution in [0, 0.1) is 5.41 Å². The number of nitrogens with zero attached hydrogens (tertiary/aromatic N) is 3. The smallest absolute Gasteiger partial charge is 0.229 e. The van der Waals surface area contributed by atoms with Gasteiger partial charge in [-0.3, -0.25) is 0 Å². The summed E-state index contributed by atoms with van der Waals surface area (Å²) in [4.78, 5) is 11.6. The van der Waals surface area contributed by atoms with Crippen molar-refractivity contribution in [1.29, 1.82) is 0 Å². The van der Waals surface area contributed by atoms with E-state index >= 15 is 0 Å². The fourth-order valence-corrected chi connectivity index (χ4v) is 6.66. The van der Waals surface area contributed by atoms with Gasteiger partial charge in [0.1, 0.15) is 10.8 Å². The molecule has 2 aromatic carbocycles. The van der Waals surface area contributed by atoms with Crippen LogP contribution in [-0.4, -0.2) is 55.4 Å². The van der Waals surface area contributed by atoms with Crippen molar-refractivity contribution in [2.24, 2.45) is 5.41 Å². The second kappa shape index (κ2) is 9.93. The van der Waals surface area contributed by atoms with Crippen molar-refractivity contribution in [2.75, 3.05) is 51.2 Å². The zero-order chi connectivity index (χ0) is 24.6. The molecule has 0 unspecified atom stereocenters. The third-order valence-electron chi connectivity index (χ3n) is 7.31. The van der Waals surface area contributed by atoms with Gasteiger partial charge in [0.15, 0.2) is 5.82 Å². The number of anilines is 4. The van der Waals surface area contributed by atoms with E-state index in [2.05, 4.69) is 71.2 Å². The van der Waals surface area contributed by atoms with Crippen LogP contribution >= 0.6 is 19.5 Å². The van der Waals surface area contributed by atoms with Crippen molar-refractivity contribution in [3.05, 3.63) is 59.2 Å². The van der Waals surface area contributed by atoms with Gasteiger partial charge in [-0.2, -0.15) is 4.98 Å². The van der Waals surface area contributed by atoms with E-state index in [0.29, 0.717) is 28.1 Å². The third-order valence-corrected chi connectivity index (χ3v) is 8.94. The fourth-order valence-electron chi connectivity index (χ4n) is 5.52. The van der Waals surface area contributed by atoms with Gasteiger partial charge in [-0.15, -0.1) is 0 Å². The number of para-hydroxylation sites is 1. The minimum atomic E-state index is -0.275. The topological polar surface area (TPSA) is 62.3 Å². The Morgan fingerprint density at radius 3 is 2.63 bits per heavy atom. The van der Waals surface area contributed by atoms with Crippen LogP contribution in [0.5, 0.6) is 5.75 Å². The molecule has 8 heteroatoms. The predicted molar refractivity (Wildman–Crippen MR) is 148 cm³/mol. The zero-order valence-corrected chi connectivity index (χ0v) is 22.5. The lowest BCUT2D eigenvalue weighted by atomic mass is 9.59. The van der Waals surface area contributed by atoms with Gasteiger partial charge in [0, 0.05) is 12.2 Å². The average Bonchev–Trinajstić information content (AvgIpc) is 3.22. The first-order chi connectivity index (χ1) is 16.9. The van der Waals surface area contributed by atoms with Crippen LogP contribution in [-0.2, 0) is 0 Å². The summed E-state index contributed by atoms with van der Waals surface area (Å²) in [5.74, 6) is 2.41. The van der Waals surface area contributed by atoms with E-state index < -0.39 is 0 Å². The summed E-state index contributed by atoms with van der Waals surface area (Å²) in [5, 5.41) is 8.54. The molecular formula is C27H33ClN5OP. The number of rotatable bonds is 7. The molecule has 0 bridgehead atoms. The molecule has 1 saturated carbocycles. The highest BCUT2D eigenvalue weighted by molar-refractivity contribution is 7.64. The predicted octanol–water partition coefficient (Wildman–Crippen LogP) is 6.19. The normalized spacial score (nSPS) is 21.8. The highest BCUT2D eigenvalue weighted by atomic mass is 35.5. The molecule has 1 aliphatic carbocycles. The molecule has 35 heavy (non-hydrogen) atoms. The van der Waals surface area contributed by atoms with Crippen molar-refractivity contribution in [3.63, 3.8) is 0 Å². The number of benzene rings is 2. The lowest BCUT2D eigenvalue weighted by molar-refractivity contribution is 0.113. The summed E-state index contributed by atoms with van der Waals surface area (Å²) in [6.45, 7) is 6.91. The van der Waals surface area contributed by atoms with E-state index in [1.165, 1.54) is 43.2 Å². The van der Waals surface area contributed by atoms with Crippen LogP contribution < -0.4 is 20.7 Å². The summed E-state index contributed by atoms with van der Waals surface area (Å²) >= 11 is 6.46. The standard InChI is InChI=1S/C27H33ClN5OP/c1-33-12-11-27(17-33)14-19(15-27)18-9-10-23(34-2)22(13-18)31-26-29-16-20(28)25(32-26)30-21-7-5-6-8-24(21)35(3)4/h5-10,13,16,19H,11-12,14-15,17H2,1-4H3,(H2,29,30,31,32). The molecule has 0 radical (unpaired) electrons. The highest BCUT2D eigenvalue weighted by Crippen LogP contribution is 2.56. The molecule has 1 spiro atoms. The Hall–Kier alpha value is -2.40. The van der Waals surface area contributed by atoms with Gasteiger partial charge in [0.25, 0.3) is 0 Å². The van der Waals surface area contributed by atoms with E-state index in [-0.39, 0.29) is 7.92 Å². The minimum Gasteiger partial charge on any atom is -0.495 e. The summed E-state index contributed by atoms with van der Waals surface area (Å²) in [5.41, 5.74) is 3.74. The summed E-state index contributed by atoms with van der Waals surface area (Å²) in [6, 6.07) is 14.7. The maximum Gasteiger partial charge on any atom is 0.229 e. The Morgan fingerprint density at radius 2 is 1.91 bits per heavy atom. The molecule has 3 aromatic rings. The van der Waals surface area contributed by atoms with E-state index in [1.807, 2.05) is 12.1 Å². The van der Waals surface area contributed by atoms with Crippen molar-refractivity contribution >= 4 is 48.0 Å². The zero-order valence-electron chi connectivity index (χ0n) is 20.8. The molecule has 2 heterocycles. The SMILES string of the molecule is COc1ccc(C2CC3(CCN(C)C3)C2)cc1Nc1ncc(Cl)c(Nc2ccccc2P(C)C)n1. The summed E-state index contributed by atoms with van der Waals surface area (Å²) in [7, 11) is 3.64. The number of aromatic nitrogens is 2. The van der Waals surface area contributed by atoms with Crippen LogP contribution in [0.3, 0.4) is 0 Å². The highest BCUT2D eigenvalue weighted by Gasteiger charge is 2.47. The molecule has 5 rings (SSSR count). The van der Waals surface area contributed by atoms with E-state index in [0.717, 1.165) is 17.1 Å². The first-order valence-corrected chi connectivity index (χ1v) is 14.7. The lowest BCUT2D eigenvalue weighted by Crippen LogP contribution is -2.37. The summed E-state index contributed by atoms with van der Waals surface area (Å²) < 4.78 is 5.64. The third kappa shape index (κ3) is 5.11. The van der Waals surface area contributed by atoms with Crippen LogP contribution in [0.1, 0.15) is 30.7 Å². The number of nitrogens with one attached hydrogen (secondary N) is 2. The summed E-state index contributed by atoms with van der Waals surface area (Å²) in [6.07, 6.45) is 5.46. The average molecular weight is 510 g/mol. The molecule has 1 aliphatic heterocycles. The molecular weight excluding hydrogens is 477 g/mol. The second-order valence-corrected chi connectivity index (χ2v) is 12.8. The van der Waals surface area contributed by atoms with Gasteiger partial charge in [-0.05, 0) is 86.6 Å². The van der Waals surface area contributed by atoms with Crippen molar-refractivity contribution in [2.45, 2.75) is 25.2 Å². The molecule has 1 aromatic heterocycles. The number of hydrogen-bond acceptors (Lipinski definition) is 6. The molecule has 2 N–H and O–H groups in total. The number of methoxy groups -OCH3 is 1. The van der Waals surface area contributed by atoms with Crippen LogP contribution in [0.25, 0.3) is 0 Å². The van der Waals surface area contributed by atoms with E-state index in [1.54, 1.807) is 13.3 Å². The molecule has 0 atom stereocenters. The second-order valence-electron chi connectivity index (χ2n) is 10.1. The number of ether oxygens (including phenoxy) is 1. The lowest BCUT2D eigenvalue weighted by Gasteiger charge is -2.45. The van der Waals surface area contributed by atoms with Gasteiger partial charge < -0.3 is 20.3 Å².